The van der Waals surface area contributed by atoms with E-state index < -0.39 is 0 Å². The number of benzene rings is 2. The third kappa shape index (κ3) is 3.84. The zero-order chi connectivity index (χ0) is 13.9. The van der Waals surface area contributed by atoms with Crippen molar-refractivity contribution in [1.82, 2.24) is 0 Å². The molecule has 0 aliphatic rings. The van der Waals surface area contributed by atoms with Gasteiger partial charge in [-0.3, -0.25) is 0 Å². The van der Waals surface area contributed by atoms with Gasteiger partial charge in [0, 0.05) is 10.0 Å². The van der Waals surface area contributed by atoms with Crippen LogP contribution in [0.3, 0.4) is 0 Å². The molecule has 0 unspecified atom stereocenters. The molecule has 2 heteroatoms. The lowest BCUT2D eigenvalue weighted by molar-refractivity contribution is 0.304. The SMILES string of the molecule is CC(C)(C)c1cccc(OCc2ccccc2Br)c1. The molecule has 0 aliphatic carbocycles. The van der Waals surface area contributed by atoms with Gasteiger partial charge in [-0.15, -0.1) is 0 Å². The van der Waals surface area contributed by atoms with Crippen molar-refractivity contribution in [2.24, 2.45) is 0 Å². The lowest BCUT2D eigenvalue weighted by Gasteiger charge is -2.19. The smallest absolute Gasteiger partial charge is 0.120 e. The third-order valence-electron chi connectivity index (χ3n) is 3.05. The summed E-state index contributed by atoms with van der Waals surface area (Å²) in [6.07, 6.45) is 0. The van der Waals surface area contributed by atoms with Gasteiger partial charge < -0.3 is 4.74 Å². The van der Waals surface area contributed by atoms with Gasteiger partial charge in [-0.1, -0.05) is 67.0 Å². The van der Waals surface area contributed by atoms with Crippen LogP contribution in [0.15, 0.2) is 53.0 Å². The maximum Gasteiger partial charge on any atom is 0.120 e. The predicted octanol–water partition coefficient (Wildman–Crippen LogP) is 5.33. The Balaban J connectivity index is 2.10. The van der Waals surface area contributed by atoms with Crippen molar-refractivity contribution in [2.45, 2.75) is 32.8 Å². The summed E-state index contributed by atoms with van der Waals surface area (Å²) in [6.45, 7) is 7.20. The van der Waals surface area contributed by atoms with Gasteiger partial charge in [0.05, 0.1) is 0 Å². The quantitative estimate of drug-likeness (QED) is 0.743. The van der Waals surface area contributed by atoms with E-state index in [1.54, 1.807) is 0 Å². The van der Waals surface area contributed by atoms with Crippen LogP contribution in [0.5, 0.6) is 5.75 Å². The van der Waals surface area contributed by atoms with E-state index in [1.165, 1.54) is 5.56 Å². The zero-order valence-corrected chi connectivity index (χ0v) is 13.2. The average molecular weight is 319 g/mol. The first-order valence-electron chi connectivity index (χ1n) is 6.43. The van der Waals surface area contributed by atoms with Gasteiger partial charge in [0.15, 0.2) is 0 Å². The van der Waals surface area contributed by atoms with E-state index in [0.29, 0.717) is 6.61 Å². The summed E-state index contributed by atoms with van der Waals surface area (Å²) < 4.78 is 6.96. The molecule has 0 fully saturated rings. The second-order valence-corrected chi connectivity index (χ2v) is 6.51. The molecule has 100 valence electrons. The van der Waals surface area contributed by atoms with Gasteiger partial charge in [0.25, 0.3) is 0 Å². The highest BCUT2D eigenvalue weighted by molar-refractivity contribution is 9.10. The molecule has 0 heterocycles. The lowest BCUT2D eigenvalue weighted by atomic mass is 9.87. The molecule has 1 nitrogen and oxygen atoms in total. The maximum absolute atomic E-state index is 5.88. The van der Waals surface area contributed by atoms with Crippen LogP contribution in [-0.2, 0) is 12.0 Å². The number of rotatable bonds is 3. The van der Waals surface area contributed by atoms with Crippen LogP contribution in [0.4, 0.5) is 0 Å². The highest BCUT2D eigenvalue weighted by Gasteiger charge is 2.13. The van der Waals surface area contributed by atoms with Gasteiger partial charge >= 0.3 is 0 Å². The third-order valence-corrected chi connectivity index (χ3v) is 3.83. The summed E-state index contributed by atoms with van der Waals surface area (Å²) in [5.41, 5.74) is 2.59. The molecule has 0 atom stereocenters. The van der Waals surface area contributed by atoms with Gasteiger partial charge in [-0.2, -0.15) is 0 Å². The molecule has 0 amide bonds. The second kappa shape index (κ2) is 5.79. The fourth-order valence-electron chi connectivity index (χ4n) is 1.83. The maximum atomic E-state index is 5.88. The van der Waals surface area contributed by atoms with Crippen molar-refractivity contribution in [3.63, 3.8) is 0 Å². The minimum atomic E-state index is 0.146. The number of hydrogen-bond acceptors (Lipinski definition) is 1. The topological polar surface area (TPSA) is 9.23 Å². The van der Waals surface area contributed by atoms with Crippen LogP contribution in [0, 0.1) is 0 Å². The summed E-state index contributed by atoms with van der Waals surface area (Å²) in [6, 6.07) is 16.5. The first-order valence-corrected chi connectivity index (χ1v) is 7.23. The molecule has 0 saturated heterocycles. The summed E-state index contributed by atoms with van der Waals surface area (Å²) in [7, 11) is 0. The Hall–Kier alpha value is -1.28. The van der Waals surface area contributed by atoms with Crippen LogP contribution < -0.4 is 4.74 Å². The second-order valence-electron chi connectivity index (χ2n) is 5.66. The van der Waals surface area contributed by atoms with Crippen molar-refractivity contribution in [3.05, 3.63) is 64.1 Å². The Morgan fingerprint density at radius 2 is 1.74 bits per heavy atom. The van der Waals surface area contributed by atoms with E-state index in [1.807, 2.05) is 24.3 Å². The molecule has 2 aromatic carbocycles. The molecular weight excluding hydrogens is 300 g/mol. The fraction of sp³-hybridized carbons (Fsp3) is 0.294. The van der Waals surface area contributed by atoms with E-state index in [2.05, 4.69) is 61.0 Å². The Kier molecular flexibility index (Phi) is 4.31. The van der Waals surface area contributed by atoms with Crippen molar-refractivity contribution >= 4 is 15.9 Å². The first kappa shape index (κ1) is 14.1. The molecule has 0 spiro atoms. The van der Waals surface area contributed by atoms with Crippen LogP contribution in [-0.4, -0.2) is 0 Å². The Labute approximate surface area is 123 Å². The molecule has 0 aromatic heterocycles. The summed E-state index contributed by atoms with van der Waals surface area (Å²) in [4.78, 5) is 0. The molecule has 2 aromatic rings. The highest BCUT2D eigenvalue weighted by Crippen LogP contribution is 2.26. The van der Waals surface area contributed by atoms with Gasteiger partial charge in [-0.25, -0.2) is 0 Å². The van der Waals surface area contributed by atoms with Crippen molar-refractivity contribution in [3.8, 4) is 5.75 Å². The molecule has 0 N–H and O–H groups in total. The largest absolute Gasteiger partial charge is 0.489 e. The molecule has 0 bridgehead atoms. The molecule has 0 aliphatic heterocycles. The predicted molar refractivity (Wildman–Crippen MR) is 83.6 cm³/mol. The van der Waals surface area contributed by atoms with Crippen molar-refractivity contribution < 1.29 is 4.74 Å². The van der Waals surface area contributed by atoms with Gasteiger partial charge in [-0.05, 0) is 29.2 Å². The fourth-order valence-corrected chi connectivity index (χ4v) is 2.23. The highest BCUT2D eigenvalue weighted by atomic mass is 79.9. The minimum absolute atomic E-state index is 0.146. The van der Waals surface area contributed by atoms with Crippen LogP contribution in [0.2, 0.25) is 0 Å². The van der Waals surface area contributed by atoms with Crippen molar-refractivity contribution in [2.75, 3.05) is 0 Å². The first-order chi connectivity index (χ1) is 8.97. The minimum Gasteiger partial charge on any atom is -0.489 e. The number of ether oxygens (including phenoxy) is 1. The molecule has 0 saturated carbocycles. The summed E-state index contributed by atoms with van der Waals surface area (Å²) >= 11 is 3.54. The Bertz CT molecular complexity index is 555. The van der Waals surface area contributed by atoms with E-state index in [-0.39, 0.29) is 5.41 Å². The standard InChI is InChI=1S/C17H19BrO/c1-17(2,3)14-8-6-9-15(11-14)19-12-13-7-4-5-10-16(13)18/h4-11H,12H2,1-3H3. The average Bonchev–Trinajstić information content (AvgIpc) is 2.37. The van der Waals surface area contributed by atoms with E-state index in [9.17, 15) is 0 Å². The Morgan fingerprint density at radius 1 is 1.00 bits per heavy atom. The van der Waals surface area contributed by atoms with Crippen LogP contribution >= 0.6 is 15.9 Å². The molecular formula is C17H19BrO. The number of hydrogen-bond donors (Lipinski definition) is 0. The molecule has 0 radical (unpaired) electrons. The van der Waals surface area contributed by atoms with Crippen molar-refractivity contribution in [1.29, 1.82) is 0 Å². The normalized spacial score (nSPS) is 11.4. The lowest BCUT2D eigenvalue weighted by Crippen LogP contribution is -2.11. The summed E-state index contributed by atoms with van der Waals surface area (Å²) in [5, 5.41) is 0. The van der Waals surface area contributed by atoms with Crippen LogP contribution in [0.25, 0.3) is 0 Å². The number of halogens is 1. The molecule has 2 rings (SSSR count). The van der Waals surface area contributed by atoms with Gasteiger partial charge in [0.1, 0.15) is 12.4 Å². The van der Waals surface area contributed by atoms with Gasteiger partial charge in [0.2, 0.25) is 0 Å². The zero-order valence-electron chi connectivity index (χ0n) is 11.6. The monoisotopic (exact) mass is 318 g/mol. The van der Waals surface area contributed by atoms with E-state index in [4.69, 9.17) is 4.74 Å². The van der Waals surface area contributed by atoms with E-state index >= 15 is 0 Å². The van der Waals surface area contributed by atoms with Crippen LogP contribution in [0.1, 0.15) is 31.9 Å². The van der Waals surface area contributed by atoms with E-state index in [0.717, 1.165) is 15.8 Å². The molecule has 19 heavy (non-hydrogen) atoms. The summed E-state index contributed by atoms with van der Waals surface area (Å²) in [5.74, 6) is 0.920. The Morgan fingerprint density at radius 3 is 2.42 bits per heavy atom.